The average molecular weight is 310 g/mol. The van der Waals surface area contributed by atoms with E-state index in [4.69, 9.17) is 0 Å². The molecule has 7 heteroatoms. The van der Waals surface area contributed by atoms with E-state index in [2.05, 4.69) is 20.8 Å². The Morgan fingerprint density at radius 3 is 2.57 bits per heavy atom. The molecule has 0 saturated heterocycles. The zero-order valence-electron chi connectivity index (χ0n) is 13.2. The monoisotopic (exact) mass is 310 g/mol. The predicted molar refractivity (Wildman–Crippen MR) is 88.6 cm³/mol. The molecule has 3 rings (SSSR count). The lowest BCUT2D eigenvalue weighted by molar-refractivity contribution is 0.254. The quantitative estimate of drug-likeness (QED) is 0.779. The van der Waals surface area contributed by atoms with Crippen molar-refractivity contribution in [2.75, 3.05) is 12.4 Å². The predicted octanol–water partition coefficient (Wildman–Crippen LogP) is 2.33. The van der Waals surface area contributed by atoms with E-state index in [0.717, 1.165) is 22.5 Å². The number of benzene rings is 1. The zero-order valence-corrected chi connectivity index (χ0v) is 13.2. The SMILES string of the molecule is CNC(=O)Nc1c(C)c(-c2cnn(C)c2)nn1-c1ccccc1. The van der Waals surface area contributed by atoms with Crippen molar-refractivity contribution < 1.29 is 4.79 Å². The first kappa shape index (κ1) is 14.8. The normalized spacial score (nSPS) is 10.6. The second-order valence-electron chi connectivity index (χ2n) is 5.18. The number of urea groups is 1. The molecule has 2 N–H and O–H groups in total. The molecular weight excluding hydrogens is 292 g/mol. The first-order chi connectivity index (χ1) is 11.1. The van der Waals surface area contributed by atoms with Gasteiger partial charge in [-0.1, -0.05) is 18.2 Å². The third kappa shape index (κ3) is 2.80. The number of para-hydroxylation sites is 1. The van der Waals surface area contributed by atoms with Gasteiger partial charge in [0.15, 0.2) is 0 Å². The van der Waals surface area contributed by atoms with Crippen LogP contribution >= 0.6 is 0 Å². The minimum atomic E-state index is -0.289. The highest BCUT2D eigenvalue weighted by atomic mass is 16.2. The molecule has 2 aromatic heterocycles. The fourth-order valence-electron chi connectivity index (χ4n) is 2.39. The van der Waals surface area contributed by atoms with E-state index >= 15 is 0 Å². The summed E-state index contributed by atoms with van der Waals surface area (Å²) in [5.74, 6) is 0.634. The fraction of sp³-hybridized carbons (Fsp3) is 0.188. The van der Waals surface area contributed by atoms with E-state index < -0.39 is 0 Å². The maximum atomic E-state index is 11.8. The van der Waals surface area contributed by atoms with E-state index in [1.165, 1.54) is 0 Å². The van der Waals surface area contributed by atoms with E-state index in [1.54, 1.807) is 22.6 Å². The number of hydrogen-bond donors (Lipinski definition) is 2. The van der Waals surface area contributed by atoms with Gasteiger partial charge in [0.1, 0.15) is 11.5 Å². The molecule has 0 aliphatic rings. The van der Waals surface area contributed by atoms with Crippen LogP contribution in [0.3, 0.4) is 0 Å². The van der Waals surface area contributed by atoms with Crippen LogP contribution in [0.1, 0.15) is 5.56 Å². The lowest BCUT2D eigenvalue weighted by Gasteiger charge is -2.09. The number of carbonyl (C=O) groups is 1. The van der Waals surface area contributed by atoms with Gasteiger partial charge in [0.25, 0.3) is 0 Å². The number of amides is 2. The second kappa shape index (κ2) is 5.96. The van der Waals surface area contributed by atoms with Crippen molar-refractivity contribution in [2.24, 2.45) is 7.05 Å². The first-order valence-corrected chi connectivity index (χ1v) is 7.23. The second-order valence-corrected chi connectivity index (χ2v) is 5.18. The summed E-state index contributed by atoms with van der Waals surface area (Å²) in [6, 6.07) is 9.39. The third-order valence-corrected chi connectivity index (χ3v) is 3.56. The average Bonchev–Trinajstić information content (AvgIpc) is 3.13. The molecular formula is C16H18N6O. The van der Waals surface area contributed by atoms with Crippen molar-refractivity contribution >= 4 is 11.8 Å². The highest BCUT2D eigenvalue weighted by Gasteiger charge is 2.19. The standard InChI is InChI=1S/C16H18N6O/c1-11-14(12-9-18-21(3)10-12)20-22(13-7-5-4-6-8-13)15(11)19-16(23)17-2/h4-10H,1-3H3,(H2,17,19,23). The van der Waals surface area contributed by atoms with Crippen molar-refractivity contribution in [2.45, 2.75) is 6.92 Å². The molecule has 2 heterocycles. The van der Waals surface area contributed by atoms with Crippen LogP contribution in [0.5, 0.6) is 0 Å². The Morgan fingerprint density at radius 2 is 1.96 bits per heavy atom. The molecule has 0 radical (unpaired) electrons. The summed E-state index contributed by atoms with van der Waals surface area (Å²) < 4.78 is 3.45. The summed E-state index contributed by atoms with van der Waals surface area (Å²) in [5.41, 5.74) is 3.44. The molecule has 1 aromatic carbocycles. The summed E-state index contributed by atoms with van der Waals surface area (Å²) in [5, 5.41) is 14.3. The molecule has 0 saturated carbocycles. The Labute approximate surface area is 133 Å². The number of hydrogen-bond acceptors (Lipinski definition) is 3. The fourth-order valence-corrected chi connectivity index (χ4v) is 2.39. The van der Waals surface area contributed by atoms with Crippen LogP contribution in [-0.4, -0.2) is 32.6 Å². The van der Waals surface area contributed by atoms with Gasteiger partial charge in [-0.25, -0.2) is 9.48 Å². The van der Waals surface area contributed by atoms with Crippen molar-refractivity contribution in [1.82, 2.24) is 24.9 Å². The van der Waals surface area contributed by atoms with Crippen LogP contribution in [0.2, 0.25) is 0 Å². The van der Waals surface area contributed by atoms with Crippen LogP contribution in [0, 0.1) is 6.92 Å². The number of nitrogens with zero attached hydrogens (tertiary/aromatic N) is 4. The number of rotatable bonds is 3. The molecule has 7 nitrogen and oxygen atoms in total. The van der Waals surface area contributed by atoms with E-state index in [1.807, 2.05) is 50.5 Å². The molecule has 0 atom stereocenters. The molecule has 0 fully saturated rings. The molecule has 0 aliphatic heterocycles. The largest absolute Gasteiger partial charge is 0.341 e. The Balaban J connectivity index is 2.15. The Morgan fingerprint density at radius 1 is 1.22 bits per heavy atom. The summed E-state index contributed by atoms with van der Waals surface area (Å²) in [6.45, 7) is 1.93. The van der Waals surface area contributed by atoms with Gasteiger partial charge in [0, 0.05) is 31.4 Å². The van der Waals surface area contributed by atoms with Gasteiger partial charge < -0.3 is 5.32 Å². The lowest BCUT2D eigenvalue weighted by Crippen LogP contribution is -2.26. The minimum absolute atomic E-state index is 0.289. The Hall–Kier alpha value is -3.09. The third-order valence-electron chi connectivity index (χ3n) is 3.56. The van der Waals surface area contributed by atoms with Crippen molar-refractivity contribution in [1.29, 1.82) is 0 Å². The lowest BCUT2D eigenvalue weighted by atomic mass is 10.1. The summed E-state index contributed by atoms with van der Waals surface area (Å²) in [4.78, 5) is 11.8. The molecule has 2 amide bonds. The highest BCUT2D eigenvalue weighted by Crippen LogP contribution is 2.30. The van der Waals surface area contributed by atoms with Crippen LogP contribution < -0.4 is 10.6 Å². The number of aryl methyl sites for hydroxylation is 1. The van der Waals surface area contributed by atoms with Gasteiger partial charge in [-0.3, -0.25) is 10.00 Å². The van der Waals surface area contributed by atoms with E-state index in [9.17, 15) is 4.79 Å². The zero-order chi connectivity index (χ0) is 16.4. The Kier molecular flexibility index (Phi) is 3.84. The summed E-state index contributed by atoms with van der Waals surface area (Å²) in [7, 11) is 3.44. The molecule has 0 bridgehead atoms. The van der Waals surface area contributed by atoms with Crippen LogP contribution in [0.25, 0.3) is 16.9 Å². The van der Waals surface area contributed by atoms with Crippen molar-refractivity contribution in [3.05, 3.63) is 48.3 Å². The molecule has 23 heavy (non-hydrogen) atoms. The van der Waals surface area contributed by atoms with Crippen LogP contribution in [0.4, 0.5) is 10.6 Å². The van der Waals surface area contributed by atoms with Crippen molar-refractivity contribution in [3.63, 3.8) is 0 Å². The van der Waals surface area contributed by atoms with Crippen LogP contribution in [0.15, 0.2) is 42.7 Å². The summed E-state index contributed by atoms with van der Waals surface area (Å²) >= 11 is 0. The summed E-state index contributed by atoms with van der Waals surface area (Å²) in [6.07, 6.45) is 3.66. The molecule has 3 aromatic rings. The highest BCUT2D eigenvalue weighted by molar-refractivity contribution is 5.90. The van der Waals surface area contributed by atoms with Gasteiger partial charge in [-0.15, -0.1) is 0 Å². The maximum absolute atomic E-state index is 11.8. The van der Waals surface area contributed by atoms with Crippen LogP contribution in [-0.2, 0) is 7.05 Å². The van der Waals surface area contributed by atoms with E-state index in [-0.39, 0.29) is 6.03 Å². The topological polar surface area (TPSA) is 76.8 Å². The van der Waals surface area contributed by atoms with Gasteiger partial charge in [0.2, 0.25) is 0 Å². The number of aromatic nitrogens is 4. The van der Waals surface area contributed by atoms with Gasteiger partial charge in [-0.2, -0.15) is 10.2 Å². The van der Waals surface area contributed by atoms with Gasteiger partial charge in [0.05, 0.1) is 11.9 Å². The minimum Gasteiger partial charge on any atom is -0.341 e. The number of anilines is 1. The molecule has 0 spiro atoms. The molecule has 0 unspecified atom stereocenters. The molecule has 118 valence electrons. The smallest absolute Gasteiger partial charge is 0.320 e. The number of carbonyl (C=O) groups excluding carboxylic acids is 1. The van der Waals surface area contributed by atoms with Gasteiger partial charge >= 0.3 is 6.03 Å². The molecule has 0 aliphatic carbocycles. The van der Waals surface area contributed by atoms with Crippen molar-refractivity contribution in [3.8, 4) is 16.9 Å². The Bertz CT molecular complexity index is 834. The maximum Gasteiger partial charge on any atom is 0.320 e. The number of nitrogens with one attached hydrogen (secondary N) is 2. The first-order valence-electron chi connectivity index (χ1n) is 7.23. The van der Waals surface area contributed by atoms with Gasteiger partial charge in [-0.05, 0) is 19.1 Å². The van der Waals surface area contributed by atoms with E-state index in [0.29, 0.717) is 5.82 Å².